The number of pyridine rings is 2. The van der Waals surface area contributed by atoms with E-state index in [0.717, 1.165) is 49.5 Å². The molecule has 4 aromatic rings. The molecule has 4 aromatic heterocycles. The highest BCUT2D eigenvalue weighted by Gasteiger charge is 2.22. The first-order valence-electron chi connectivity index (χ1n) is 13.7. The molecule has 1 aliphatic rings. The fourth-order valence-electron chi connectivity index (χ4n) is 4.72. The second kappa shape index (κ2) is 11.2. The van der Waals surface area contributed by atoms with Gasteiger partial charge in [0.2, 0.25) is 0 Å². The molecule has 11 nitrogen and oxygen atoms in total. The number of carbonyl (C=O) groups excluding carboxylic acids is 1. The average Bonchev–Trinajstić information content (AvgIpc) is 3.53. The molecule has 0 atom stereocenters. The Labute approximate surface area is 234 Å². The highest BCUT2D eigenvalue weighted by molar-refractivity contribution is 6.03. The number of rotatable bonds is 6. The standard InChI is InChI=1S/C29H37N9O2/c1-19(2)36-8-7-9-37(11-10-36)23-12-21(15-30-17-23)24-18-38(35-33-24)25-13-22(16-31-20(25)3)28(39)32-27-14-26(40-34-27)29(4,5)6/h12-19H,7-11H2,1-6H3,(H,32,34,39). The Hall–Kier alpha value is -4.12. The third-order valence-corrected chi connectivity index (χ3v) is 7.20. The molecule has 1 fully saturated rings. The normalized spacial score (nSPS) is 14.9. The van der Waals surface area contributed by atoms with Crippen molar-refractivity contribution in [3.63, 3.8) is 0 Å². The predicted octanol–water partition coefficient (Wildman–Crippen LogP) is 4.49. The minimum atomic E-state index is -0.340. The van der Waals surface area contributed by atoms with Crippen LogP contribution >= 0.6 is 0 Å². The highest BCUT2D eigenvalue weighted by atomic mass is 16.5. The van der Waals surface area contributed by atoms with E-state index in [1.54, 1.807) is 23.0 Å². The smallest absolute Gasteiger partial charge is 0.258 e. The summed E-state index contributed by atoms with van der Waals surface area (Å²) in [5.41, 5.74) is 4.20. The number of aromatic nitrogens is 6. The summed E-state index contributed by atoms with van der Waals surface area (Å²) in [5, 5.41) is 15.5. The van der Waals surface area contributed by atoms with E-state index >= 15 is 0 Å². The van der Waals surface area contributed by atoms with E-state index in [4.69, 9.17) is 4.52 Å². The lowest BCUT2D eigenvalue weighted by Crippen LogP contribution is -2.35. The van der Waals surface area contributed by atoms with Gasteiger partial charge in [-0.2, -0.15) is 0 Å². The van der Waals surface area contributed by atoms with Gasteiger partial charge >= 0.3 is 0 Å². The van der Waals surface area contributed by atoms with Gasteiger partial charge < -0.3 is 14.7 Å². The lowest BCUT2D eigenvalue weighted by molar-refractivity contribution is 0.102. The molecule has 0 saturated carbocycles. The van der Waals surface area contributed by atoms with Crippen molar-refractivity contribution >= 4 is 17.4 Å². The molecule has 210 valence electrons. The second-order valence-electron chi connectivity index (χ2n) is 11.6. The Morgan fingerprint density at radius 2 is 1.88 bits per heavy atom. The first kappa shape index (κ1) is 27.4. The number of carbonyl (C=O) groups is 1. The Balaban J connectivity index is 1.33. The van der Waals surface area contributed by atoms with E-state index in [1.165, 1.54) is 6.20 Å². The lowest BCUT2D eigenvalue weighted by atomic mass is 9.93. The average molecular weight is 544 g/mol. The summed E-state index contributed by atoms with van der Waals surface area (Å²) >= 11 is 0. The van der Waals surface area contributed by atoms with E-state index in [9.17, 15) is 4.79 Å². The van der Waals surface area contributed by atoms with Crippen molar-refractivity contribution in [1.82, 2.24) is 35.0 Å². The van der Waals surface area contributed by atoms with Gasteiger partial charge in [0.25, 0.3) is 5.91 Å². The van der Waals surface area contributed by atoms with Gasteiger partial charge in [-0.1, -0.05) is 31.1 Å². The number of aryl methyl sites for hydroxylation is 1. The molecule has 1 saturated heterocycles. The van der Waals surface area contributed by atoms with Crippen molar-refractivity contribution in [2.45, 2.75) is 59.4 Å². The number of hydrogen-bond acceptors (Lipinski definition) is 9. The first-order chi connectivity index (χ1) is 19.1. The quantitative estimate of drug-likeness (QED) is 0.375. The van der Waals surface area contributed by atoms with Crippen LogP contribution in [0.25, 0.3) is 16.9 Å². The van der Waals surface area contributed by atoms with Crippen molar-refractivity contribution < 1.29 is 9.32 Å². The Kier molecular flexibility index (Phi) is 7.66. The molecule has 0 radical (unpaired) electrons. The molecule has 0 aromatic carbocycles. The van der Waals surface area contributed by atoms with Gasteiger partial charge in [-0.15, -0.1) is 5.10 Å². The minimum absolute atomic E-state index is 0.212. The third kappa shape index (κ3) is 6.04. The molecule has 40 heavy (non-hydrogen) atoms. The predicted molar refractivity (Wildman–Crippen MR) is 154 cm³/mol. The monoisotopic (exact) mass is 543 g/mol. The first-order valence-corrected chi connectivity index (χ1v) is 13.7. The molecule has 5 rings (SSSR count). The van der Waals surface area contributed by atoms with Crippen molar-refractivity contribution in [3.05, 3.63) is 60.0 Å². The van der Waals surface area contributed by atoms with Gasteiger partial charge in [0.05, 0.1) is 35.0 Å². The molecule has 0 unspecified atom stereocenters. The van der Waals surface area contributed by atoms with Crippen LogP contribution in [-0.2, 0) is 5.41 Å². The van der Waals surface area contributed by atoms with Gasteiger partial charge in [-0.05, 0) is 39.3 Å². The zero-order chi connectivity index (χ0) is 28.4. The van der Waals surface area contributed by atoms with E-state index in [-0.39, 0.29) is 11.3 Å². The fraction of sp³-hybridized carbons (Fsp3) is 0.448. The molecule has 0 spiro atoms. The number of hydrogen-bond donors (Lipinski definition) is 1. The summed E-state index contributed by atoms with van der Waals surface area (Å²) in [6.07, 6.45) is 8.20. The van der Waals surface area contributed by atoms with Crippen LogP contribution in [0.5, 0.6) is 0 Å². The second-order valence-corrected chi connectivity index (χ2v) is 11.6. The van der Waals surface area contributed by atoms with Crippen LogP contribution in [0.4, 0.5) is 11.5 Å². The van der Waals surface area contributed by atoms with Crippen molar-refractivity contribution in [3.8, 4) is 16.9 Å². The summed E-state index contributed by atoms with van der Waals surface area (Å²) in [5.74, 6) is 0.703. The molecular weight excluding hydrogens is 506 g/mol. The van der Waals surface area contributed by atoms with Crippen LogP contribution in [0.15, 0.2) is 47.5 Å². The SMILES string of the molecule is Cc1ncc(C(=O)Nc2cc(C(C)(C)C)on2)cc1-n1cc(-c2cncc(N3CCCN(C(C)C)CC3)c2)nn1. The van der Waals surface area contributed by atoms with Crippen molar-refractivity contribution in [1.29, 1.82) is 0 Å². The lowest BCUT2D eigenvalue weighted by Gasteiger charge is -2.25. The van der Waals surface area contributed by atoms with Gasteiger partial charge in [0, 0.05) is 61.7 Å². The zero-order valence-electron chi connectivity index (χ0n) is 24.0. The maximum Gasteiger partial charge on any atom is 0.258 e. The van der Waals surface area contributed by atoms with E-state index in [0.29, 0.717) is 34.6 Å². The van der Waals surface area contributed by atoms with Crippen molar-refractivity contribution in [2.24, 2.45) is 0 Å². The summed E-state index contributed by atoms with van der Waals surface area (Å²) in [7, 11) is 0. The Bertz CT molecular complexity index is 1480. The number of nitrogens with one attached hydrogen (secondary N) is 1. The topological polar surface area (TPSA) is 118 Å². The molecule has 0 aliphatic carbocycles. The summed E-state index contributed by atoms with van der Waals surface area (Å²) in [6.45, 7) is 16.5. The minimum Gasteiger partial charge on any atom is -0.369 e. The third-order valence-electron chi connectivity index (χ3n) is 7.20. The van der Waals surface area contributed by atoms with Gasteiger partial charge in [-0.3, -0.25) is 19.7 Å². The molecule has 1 amide bonds. The summed E-state index contributed by atoms with van der Waals surface area (Å²) in [4.78, 5) is 26.8. The van der Waals surface area contributed by atoms with Gasteiger partial charge in [0.1, 0.15) is 11.5 Å². The molecule has 11 heteroatoms. The van der Waals surface area contributed by atoms with Crippen molar-refractivity contribution in [2.75, 3.05) is 36.4 Å². The summed E-state index contributed by atoms with van der Waals surface area (Å²) in [6, 6.07) is 6.14. The Morgan fingerprint density at radius 3 is 2.62 bits per heavy atom. The van der Waals surface area contributed by atoms with Gasteiger partial charge in [0.15, 0.2) is 5.82 Å². The zero-order valence-corrected chi connectivity index (χ0v) is 24.0. The highest BCUT2D eigenvalue weighted by Crippen LogP contribution is 2.26. The van der Waals surface area contributed by atoms with Crippen LogP contribution in [0.3, 0.4) is 0 Å². The van der Waals surface area contributed by atoms with Crippen LogP contribution in [0.2, 0.25) is 0 Å². The van der Waals surface area contributed by atoms with Crippen LogP contribution in [-0.4, -0.2) is 73.1 Å². The maximum atomic E-state index is 13.0. The number of anilines is 2. The van der Waals surface area contributed by atoms with E-state index in [2.05, 4.69) is 60.5 Å². The molecule has 1 N–H and O–H groups in total. The van der Waals surface area contributed by atoms with Gasteiger partial charge in [-0.25, -0.2) is 4.68 Å². The van der Waals surface area contributed by atoms with Crippen LogP contribution in [0.1, 0.15) is 62.9 Å². The largest absolute Gasteiger partial charge is 0.369 e. The summed E-state index contributed by atoms with van der Waals surface area (Å²) < 4.78 is 7.02. The molecule has 0 bridgehead atoms. The number of nitrogens with zero attached hydrogens (tertiary/aromatic N) is 8. The molecule has 5 heterocycles. The van der Waals surface area contributed by atoms with Crippen LogP contribution in [0, 0.1) is 6.92 Å². The van der Waals surface area contributed by atoms with E-state index < -0.39 is 0 Å². The fourth-order valence-corrected chi connectivity index (χ4v) is 4.72. The van der Waals surface area contributed by atoms with E-state index in [1.807, 2.05) is 40.1 Å². The van der Waals surface area contributed by atoms with Crippen LogP contribution < -0.4 is 10.2 Å². The molecular formula is C29H37N9O2. The maximum absolute atomic E-state index is 13.0. The Morgan fingerprint density at radius 1 is 1.05 bits per heavy atom. The molecule has 1 aliphatic heterocycles. The number of amides is 1.